The first-order valence-electron chi connectivity index (χ1n) is 6.68. The van der Waals surface area contributed by atoms with Gasteiger partial charge < -0.3 is 15.1 Å². The van der Waals surface area contributed by atoms with Crippen molar-refractivity contribution in [3.8, 4) is 0 Å². The topological polar surface area (TPSA) is 59.5 Å². The van der Waals surface area contributed by atoms with Crippen molar-refractivity contribution in [2.24, 2.45) is 5.92 Å². The molecule has 0 saturated heterocycles. The molecule has 0 atom stereocenters. The molecule has 0 spiro atoms. The molecule has 1 heterocycles. The van der Waals surface area contributed by atoms with Crippen LogP contribution in [0.5, 0.6) is 0 Å². The van der Waals surface area contributed by atoms with Crippen molar-refractivity contribution in [2.45, 2.75) is 19.3 Å². The van der Waals surface area contributed by atoms with Crippen molar-refractivity contribution in [1.29, 1.82) is 0 Å². The zero-order chi connectivity index (χ0) is 13.4. The molecule has 1 saturated carbocycles. The number of nitrogens with two attached hydrogens (primary N) is 1. The Bertz CT molecular complexity index is 614. The number of carbonyl (C=O) groups excluding carboxylic acids is 1. The first-order chi connectivity index (χ1) is 9.13. The van der Waals surface area contributed by atoms with E-state index >= 15 is 0 Å². The van der Waals surface area contributed by atoms with E-state index in [-0.39, 0.29) is 5.91 Å². The fraction of sp³-hybridized carbons (Fsp3) is 0.400. The lowest BCUT2D eigenvalue weighted by atomic mass is 9.85. The summed E-state index contributed by atoms with van der Waals surface area (Å²) in [5.41, 5.74) is 7.10. The van der Waals surface area contributed by atoms with E-state index in [9.17, 15) is 4.79 Å². The monoisotopic (exact) mass is 258 g/mol. The second-order valence-electron chi connectivity index (χ2n) is 5.39. The largest absolute Gasteiger partial charge is 0.451 e. The molecule has 1 fully saturated rings. The Kier molecular flexibility index (Phi) is 2.93. The van der Waals surface area contributed by atoms with Gasteiger partial charge in [-0.3, -0.25) is 4.79 Å². The summed E-state index contributed by atoms with van der Waals surface area (Å²) in [5.74, 6) is 0.998. The molecule has 1 aromatic carbocycles. The van der Waals surface area contributed by atoms with Gasteiger partial charge in [0.25, 0.3) is 5.91 Å². The lowest BCUT2D eigenvalue weighted by Gasteiger charge is -2.29. The van der Waals surface area contributed by atoms with Gasteiger partial charge in [0.2, 0.25) is 0 Å². The number of nitrogens with zero attached hydrogens (tertiary/aromatic N) is 1. The molecule has 0 aliphatic heterocycles. The van der Waals surface area contributed by atoms with Crippen molar-refractivity contribution in [3.05, 3.63) is 30.0 Å². The Labute approximate surface area is 112 Å². The van der Waals surface area contributed by atoms with E-state index in [1.807, 2.05) is 13.1 Å². The van der Waals surface area contributed by atoms with Gasteiger partial charge in [-0.05, 0) is 43.0 Å². The molecule has 2 aromatic rings. The van der Waals surface area contributed by atoms with Gasteiger partial charge in [0, 0.05) is 24.7 Å². The number of rotatable bonds is 3. The average Bonchev–Trinajstić information content (AvgIpc) is 2.75. The predicted molar refractivity (Wildman–Crippen MR) is 74.9 cm³/mol. The summed E-state index contributed by atoms with van der Waals surface area (Å²) < 4.78 is 5.59. The van der Waals surface area contributed by atoms with Crippen LogP contribution in [0.25, 0.3) is 11.0 Å². The van der Waals surface area contributed by atoms with E-state index in [0.717, 1.165) is 11.9 Å². The number of hydrogen-bond acceptors (Lipinski definition) is 3. The van der Waals surface area contributed by atoms with Crippen LogP contribution in [0, 0.1) is 5.92 Å². The van der Waals surface area contributed by atoms with Crippen molar-refractivity contribution in [1.82, 2.24) is 4.90 Å². The third kappa shape index (κ3) is 2.30. The molecule has 0 unspecified atom stereocenters. The second-order valence-corrected chi connectivity index (χ2v) is 5.39. The van der Waals surface area contributed by atoms with Crippen molar-refractivity contribution in [3.63, 3.8) is 0 Å². The first-order valence-corrected chi connectivity index (χ1v) is 6.68. The van der Waals surface area contributed by atoms with Crippen molar-refractivity contribution in [2.75, 3.05) is 19.3 Å². The van der Waals surface area contributed by atoms with Gasteiger partial charge in [-0.15, -0.1) is 0 Å². The number of hydrogen-bond donors (Lipinski definition) is 1. The Morgan fingerprint density at radius 3 is 2.89 bits per heavy atom. The summed E-state index contributed by atoms with van der Waals surface area (Å²) in [6.07, 6.45) is 3.75. The molecule has 100 valence electrons. The lowest BCUT2D eigenvalue weighted by Crippen LogP contribution is -2.34. The summed E-state index contributed by atoms with van der Waals surface area (Å²) >= 11 is 0. The molecular weight excluding hydrogens is 240 g/mol. The third-order valence-electron chi connectivity index (χ3n) is 3.85. The molecule has 1 aromatic heterocycles. The molecule has 4 nitrogen and oxygen atoms in total. The second kappa shape index (κ2) is 4.61. The SMILES string of the molecule is CN(CC1CCC1)C(=O)c1cc2cc(N)ccc2o1. The Morgan fingerprint density at radius 2 is 2.21 bits per heavy atom. The third-order valence-corrected chi connectivity index (χ3v) is 3.85. The van der Waals surface area contributed by atoms with Crippen LogP contribution in [0.3, 0.4) is 0 Å². The van der Waals surface area contributed by atoms with E-state index in [1.54, 1.807) is 23.1 Å². The summed E-state index contributed by atoms with van der Waals surface area (Å²) in [4.78, 5) is 14.0. The quantitative estimate of drug-likeness (QED) is 0.861. The molecule has 4 heteroatoms. The van der Waals surface area contributed by atoms with Crippen LogP contribution in [-0.2, 0) is 0 Å². The van der Waals surface area contributed by atoms with Crippen LogP contribution in [0.2, 0.25) is 0 Å². The molecule has 1 aliphatic rings. The van der Waals surface area contributed by atoms with Gasteiger partial charge in [0.1, 0.15) is 5.58 Å². The zero-order valence-electron chi connectivity index (χ0n) is 11.1. The smallest absolute Gasteiger partial charge is 0.289 e. The molecule has 1 amide bonds. The first kappa shape index (κ1) is 12.1. The van der Waals surface area contributed by atoms with Crippen LogP contribution < -0.4 is 5.73 Å². The molecule has 2 N–H and O–H groups in total. The molecule has 3 rings (SSSR count). The van der Waals surface area contributed by atoms with E-state index < -0.39 is 0 Å². The number of benzene rings is 1. The minimum absolute atomic E-state index is 0.0540. The highest BCUT2D eigenvalue weighted by Gasteiger charge is 2.23. The van der Waals surface area contributed by atoms with Gasteiger partial charge in [-0.25, -0.2) is 0 Å². The Hall–Kier alpha value is -1.97. The van der Waals surface area contributed by atoms with Crippen LogP contribution >= 0.6 is 0 Å². The van der Waals surface area contributed by atoms with Crippen molar-refractivity contribution < 1.29 is 9.21 Å². The van der Waals surface area contributed by atoms with E-state index in [4.69, 9.17) is 10.2 Å². The molecule has 0 bridgehead atoms. The number of anilines is 1. The fourth-order valence-corrected chi connectivity index (χ4v) is 2.50. The zero-order valence-corrected chi connectivity index (χ0v) is 11.1. The minimum atomic E-state index is -0.0540. The average molecular weight is 258 g/mol. The highest BCUT2D eigenvalue weighted by molar-refractivity contribution is 5.96. The molecular formula is C15H18N2O2. The minimum Gasteiger partial charge on any atom is -0.451 e. The lowest BCUT2D eigenvalue weighted by molar-refractivity contribution is 0.0716. The number of furan rings is 1. The van der Waals surface area contributed by atoms with Gasteiger partial charge in [0.15, 0.2) is 5.76 Å². The Morgan fingerprint density at radius 1 is 1.42 bits per heavy atom. The molecule has 19 heavy (non-hydrogen) atoms. The van der Waals surface area contributed by atoms with Gasteiger partial charge in [-0.2, -0.15) is 0 Å². The molecule has 0 radical (unpaired) electrons. The van der Waals surface area contributed by atoms with E-state index in [0.29, 0.717) is 22.9 Å². The maximum atomic E-state index is 12.3. The maximum Gasteiger partial charge on any atom is 0.289 e. The molecule has 1 aliphatic carbocycles. The van der Waals surface area contributed by atoms with Gasteiger partial charge in [0.05, 0.1) is 0 Å². The fourth-order valence-electron chi connectivity index (χ4n) is 2.50. The number of carbonyl (C=O) groups is 1. The standard InChI is InChI=1S/C15H18N2O2/c1-17(9-10-3-2-4-10)15(18)14-8-11-7-12(16)5-6-13(11)19-14/h5-8,10H,2-4,9,16H2,1H3. The van der Waals surface area contributed by atoms with Crippen LogP contribution in [0.15, 0.2) is 28.7 Å². The van der Waals surface area contributed by atoms with E-state index in [2.05, 4.69) is 0 Å². The highest BCUT2D eigenvalue weighted by atomic mass is 16.3. The summed E-state index contributed by atoms with van der Waals surface area (Å²) in [6.45, 7) is 0.817. The van der Waals surface area contributed by atoms with Crippen molar-refractivity contribution >= 4 is 22.6 Å². The Balaban J connectivity index is 1.80. The normalized spacial score (nSPS) is 15.4. The highest BCUT2D eigenvalue weighted by Crippen LogP contribution is 2.28. The summed E-state index contributed by atoms with van der Waals surface area (Å²) in [7, 11) is 1.84. The van der Waals surface area contributed by atoms with Gasteiger partial charge in [-0.1, -0.05) is 6.42 Å². The van der Waals surface area contributed by atoms with Gasteiger partial charge >= 0.3 is 0 Å². The van der Waals surface area contributed by atoms with Crippen LogP contribution in [0.1, 0.15) is 29.8 Å². The number of fused-ring (bicyclic) bond motifs is 1. The van der Waals surface area contributed by atoms with E-state index in [1.165, 1.54) is 19.3 Å². The predicted octanol–water partition coefficient (Wildman–Crippen LogP) is 2.89. The van der Waals surface area contributed by atoms with Crippen LogP contribution in [0.4, 0.5) is 5.69 Å². The summed E-state index contributed by atoms with van der Waals surface area (Å²) in [5, 5.41) is 0.875. The van der Waals surface area contributed by atoms with Crippen LogP contribution in [-0.4, -0.2) is 24.4 Å². The number of nitrogen functional groups attached to an aromatic ring is 1. The maximum absolute atomic E-state index is 12.3. The summed E-state index contributed by atoms with van der Waals surface area (Å²) in [6, 6.07) is 7.17. The number of amides is 1.